The molecule has 0 saturated carbocycles. The van der Waals surface area contributed by atoms with Gasteiger partial charge in [0.25, 0.3) is 0 Å². The van der Waals surface area contributed by atoms with Gasteiger partial charge in [0, 0.05) is 11.1 Å². The molecule has 0 N–H and O–H groups in total. The van der Waals surface area contributed by atoms with Crippen molar-refractivity contribution < 1.29 is 13.9 Å². The van der Waals surface area contributed by atoms with Gasteiger partial charge in [-0.15, -0.1) is 0 Å². The van der Waals surface area contributed by atoms with Gasteiger partial charge in [-0.05, 0) is 43.2 Å². The number of aryl methyl sites for hydroxylation is 2. The number of carbonyl (C=O) groups is 1. The van der Waals surface area contributed by atoms with Crippen molar-refractivity contribution in [2.24, 2.45) is 0 Å². The fourth-order valence-electron chi connectivity index (χ4n) is 1.61. The van der Waals surface area contributed by atoms with Gasteiger partial charge in [0.15, 0.2) is 0 Å². The molecule has 2 aromatic rings. The zero-order chi connectivity index (χ0) is 14.0. The molecular formula is C14H11ClO4. The summed E-state index contributed by atoms with van der Waals surface area (Å²) in [5, 5.41) is 0.644. The molecule has 98 valence electrons. The van der Waals surface area contributed by atoms with E-state index in [4.69, 9.17) is 16.3 Å². The summed E-state index contributed by atoms with van der Waals surface area (Å²) in [6, 6.07) is 5.86. The van der Waals surface area contributed by atoms with Crippen LogP contribution in [0.3, 0.4) is 0 Å². The highest BCUT2D eigenvalue weighted by molar-refractivity contribution is 6.32. The molecule has 0 aliphatic heterocycles. The Morgan fingerprint density at radius 2 is 1.84 bits per heavy atom. The maximum atomic E-state index is 11.8. The third kappa shape index (κ3) is 3.03. The molecule has 1 aromatic heterocycles. The lowest BCUT2D eigenvalue weighted by Gasteiger charge is -2.08. The molecule has 4 nitrogen and oxygen atoms in total. The number of rotatable bonds is 2. The summed E-state index contributed by atoms with van der Waals surface area (Å²) in [7, 11) is 0. The SMILES string of the molecule is Cc1cc(OC(=O)c2ccc(=O)oc2)cc(C)c1Cl. The van der Waals surface area contributed by atoms with E-state index in [9.17, 15) is 9.59 Å². The van der Waals surface area contributed by atoms with E-state index in [1.165, 1.54) is 6.07 Å². The largest absolute Gasteiger partial charge is 0.430 e. The summed E-state index contributed by atoms with van der Waals surface area (Å²) in [5.74, 6) is -0.194. The van der Waals surface area contributed by atoms with Crippen molar-refractivity contribution in [2.45, 2.75) is 13.8 Å². The smallest absolute Gasteiger partial charge is 0.346 e. The van der Waals surface area contributed by atoms with E-state index < -0.39 is 11.6 Å². The summed E-state index contributed by atoms with van der Waals surface area (Å²) in [6.45, 7) is 3.66. The van der Waals surface area contributed by atoms with Crippen molar-refractivity contribution in [3.8, 4) is 5.75 Å². The maximum Gasteiger partial charge on any atom is 0.346 e. The highest BCUT2D eigenvalue weighted by Crippen LogP contribution is 2.26. The molecule has 1 heterocycles. The molecule has 5 heteroatoms. The molecule has 0 radical (unpaired) electrons. The van der Waals surface area contributed by atoms with Crippen LogP contribution in [0.1, 0.15) is 21.5 Å². The molecule has 0 unspecified atom stereocenters. The van der Waals surface area contributed by atoms with Gasteiger partial charge in [-0.25, -0.2) is 9.59 Å². The maximum absolute atomic E-state index is 11.8. The second kappa shape index (κ2) is 5.28. The predicted molar refractivity (Wildman–Crippen MR) is 70.9 cm³/mol. The van der Waals surface area contributed by atoms with Crippen LogP contribution in [0.25, 0.3) is 0 Å². The van der Waals surface area contributed by atoms with Crippen molar-refractivity contribution in [1.82, 2.24) is 0 Å². The normalized spacial score (nSPS) is 10.3. The Balaban J connectivity index is 2.24. The molecule has 0 aliphatic carbocycles. The van der Waals surface area contributed by atoms with E-state index in [1.807, 2.05) is 13.8 Å². The van der Waals surface area contributed by atoms with E-state index in [1.54, 1.807) is 12.1 Å². The fraction of sp³-hybridized carbons (Fsp3) is 0.143. The Hall–Kier alpha value is -2.07. The van der Waals surface area contributed by atoms with E-state index in [0.717, 1.165) is 23.5 Å². The highest BCUT2D eigenvalue weighted by atomic mass is 35.5. The molecule has 0 amide bonds. The van der Waals surface area contributed by atoms with Crippen LogP contribution in [-0.2, 0) is 0 Å². The molecule has 0 spiro atoms. The summed E-state index contributed by atoms with van der Waals surface area (Å²) in [4.78, 5) is 22.6. The van der Waals surface area contributed by atoms with Crippen molar-refractivity contribution in [3.05, 3.63) is 62.7 Å². The van der Waals surface area contributed by atoms with Crippen LogP contribution in [0.15, 0.2) is 39.7 Å². The van der Waals surface area contributed by atoms with Gasteiger partial charge in [-0.1, -0.05) is 11.6 Å². The van der Waals surface area contributed by atoms with E-state index in [-0.39, 0.29) is 5.56 Å². The van der Waals surface area contributed by atoms with Crippen LogP contribution in [0.2, 0.25) is 5.02 Å². The Bertz CT molecular complexity index is 645. The van der Waals surface area contributed by atoms with Crippen LogP contribution in [-0.4, -0.2) is 5.97 Å². The monoisotopic (exact) mass is 278 g/mol. The number of hydrogen-bond acceptors (Lipinski definition) is 4. The molecule has 0 fully saturated rings. The predicted octanol–water partition coefficient (Wildman–Crippen LogP) is 3.13. The quantitative estimate of drug-likeness (QED) is 0.625. The number of hydrogen-bond donors (Lipinski definition) is 0. The van der Waals surface area contributed by atoms with Gasteiger partial charge >= 0.3 is 11.6 Å². The topological polar surface area (TPSA) is 56.5 Å². The van der Waals surface area contributed by atoms with Crippen molar-refractivity contribution >= 4 is 17.6 Å². The van der Waals surface area contributed by atoms with Crippen LogP contribution in [0.4, 0.5) is 0 Å². The first-order valence-corrected chi connectivity index (χ1v) is 5.93. The Morgan fingerprint density at radius 3 is 2.37 bits per heavy atom. The second-order valence-corrected chi connectivity index (χ2v) is 4.48. The zero-order valence-electron chi connectivity index (χ0n) is 10.4. The molecule has 0 atom stereocenters. The Morgan fingerprint density at radius 1 is 1.21 bits per heavy atom. The molecule has 0 bridgehead atoms. The lowest BCUT2D eigenvalue weighted by atomic mass is 10.1. The molecule has 0 saturated heterocycles. The first-order chi connectivity index (χ1) is 8.97. The number of halogens is 1. The molecule has 2 rings (SSSR count). The van der Waals surface area contributed by atoms with Crippen LogP contribution < -0.4 is 10.4 Å². The van der Waals surface area contributed by atoms with Crippen molar-refractivity contribution in [2.75, 3.05) is 0 Å². The Kier molecular flexibility index (Phi) is 3.71. The van der Waals surface area contributed by atoms with Gasteiger partial charge in [0.2, 0.25) is 0 Å². The van der Waals surface area contributed by atoms with Gasteiger partial charge in [0.1, 0.15) is 12.0 Å². The number of carbonyl (C=O) groups excluding carboxylic acids is 1. The lowest BCUT2D eigenvalue weighted by molar-refractivity contribution is 0.0732. The van der Waals surface area contributed by atoms with Crippen molar-refractivity contribution in [1.29, 1.82) is 0 Å². The zero-order valence-corrected chi connectivity index (χ0v) is 11.2. The first-order valence-electron chi connectivity index (χ1n) is 5.55. The molecule has 19 heavy (non-hydrogen) atoms. The Labute approximate surface area is 114 Å². The molecule has 0 aliphatic rings. The third-order valence-electron chi connectivity index (χ3n) is 2.56. The van der Waals surface area contributed by atoms with Crippen molar-refractivity contribution in [3.63, 3.8) is 0 Å². The minimum atomic E-state index is -0.593. The first kappa shape index (κ1) is 13.4. The summed E-state index contributed by atoms with van der Waals surface area (Å²) < 4.78 is 9.80. The second-order valence-electron chi connectivity index (χ2n) is 4.10. The number of esters is 1. The van der Waals surface area contributed by atoms with Gasteiger partial charge in [0.05, 0.1) is 5.56 Å². The minimum Gasteiger partial charge on any atom is -0.430 e. The summed E-state index contributed by atoms with van der Waals surface area (Å²) >= 11 is 6.03. The van der Waals surface area contributed by atoms with Crippen LogP contribution >= 0.6 is 11.6 Å². The number of benzene rings is 1. The van der Waals surface area contributed by atoms with E-state index >= 15 is 0 Å². The lowest BCUT2D eigenvalue weighted by Crippen LogP contribution is -2.10. The fourth-order valence-corrected chi connectivity index (χ4v) is 1.71. The molecule has 1 aromatic carbocycles. The average Bonchev–Trinajstić information content (AvgIpc) is 2.36. The summed E-state index contributed by atoms with van der Waals surface area (Å²) in [5.41, 5.74) is 1.30. The van der Waals surface area contributed by atoms with Crippen LogP contribution in [0.5, 0.6) is 5.75 Å². The van der Waals surface area contributed by atoms with E-state index in [2.05, 4.69) is 4.42 Å². The summed E-state index contributed by atoms with van der Waals surface area (Å²) in [6.07, 6.45) is 1.07. The van der Waals surface area contributed by atoms with Crippen LogP contribution in [0, 0.1) is 13.8 Å². The minimum absolute atomic E-state index is 0.171. The standard InChI is InChI=1S/C14H11ClO4/c1-8-5-11(6-9(2)13(8)15)19-14(17)10-3-4-12(16)18-7-10/h3-7H,1-2H3. The third-order valence-corrected chi connectivity index (χ3v) is 3.15. The number of ether oxygens (including phenoxy) is 1. The average molecular weight is 279 g/mol. The van der Waals surface area contributed by atoms with Gasteiger partial charge in [-0.2, -0.15) is 0 Å². The molecular weight excluding hydrogens is 268 g/mol. The van der Waals surface area contributed by atoms with Gasteiger partial charge in [-0.3, -0.25) is 0 Å². The van der Waals surface area contributed by atoms with E-state index in [0.29, 0.717) is 10.8 Å². The van der Waals surface area contributed by atoms with Gasteiger partial charge < -0.3 is 9.15 Å². The highest BCUT2D eigenvalue weighted by Gasteiger charge is 2.11.